The van der Waals surface area contributed by atoms with E-state index in [-0.39, 0.29) is 11.1 Å². The van der Waals surface area contributed by atoms with Crippen molar-refractivity contribution in [3.63, 3.8) is 0 Å². The molecule has 3 aromatic rings. The number of nitro groups is 1. The van der Waals surface area contributed by atoms with Gasteiger partial charge in [-0.3, -0.25) is 10.1 Å². The van der Waals surface area contributed by atoms with Crippen molar-refractivity contribution < 1.29 is 4.92 Å². The number of non-ortho nitro benzene ring substituents is 1. The monoisotopic (exact) mass is 333 g/mol. The summed E-state index contributed by atoms with van der Waals surface area (Å²) in [6.45, 7) is 7.13. The summed E-state index contributed by atoms with van der Waals surface area (Å²) < 4.78 is 1.96. The summed E-state index contributed by atoms with van der Waals surface area (Å²) in [6, 6.07) is 15.2. The van der Waals surface area contributed by atoms with E-state index >= 15 is 0 Å². The van der Waals surface area contributed by atoms with Crippen molar-refractivity contribution in [3.8, 4) is 6.07 Å². The first-order valence-electron chi connectivity index (χ1n) is 8.06. The Hall–Kier alpha value is -3.13. The van der Waals surface area contributed by atoms with E-state index in [9.17, 15) is 15.4 Å². The minimum absolute atomic E-state index is 0.00344. The van der Waals surface area contributed by atoms with Crippen LogP contribution in [0.15, 0.2) is 48.7 Å². The van der Waals surface area contributed by atoms with Gasteiger partial charge in [0.25, 0.3) is 5.69 Å². The SMILES string of the molecule is CC(C)(C)c1ccc(Cn2cc(C#N)c3cc([N+](=O)[O-])ccc32)cc1. The average molecular weight is 333 g/mol. The van der Waals surface area contributed by atoms with E-state index in [1.54, 1.807) is 12.3 Å². The number of aromatic nitrogens is 1. The fourth-order valence-corrected chi connectivity index (χ4v) is 2.93. The molecule has 0 saturated heterocycles. The van der Waals surface area contributed by atoms with Crippen molar-refractivity contribution in [3.05, 3.63) is 75.5 Å². The van der Waals surface area contributed by atoms with Crippen molar-refractivity contribution >= 4 is 16.6 Å². The molecule has 0 saturated carbocycles. The number of benzene rings is 2. The highest BCUT2D eigenvalue weighted by molar-refractivity contribution is 5.88. The molecule has 0 aliphatic heterocycles. The summed E-state index contributed by atoms with van der Waals surface area (Å²) in [7, 11) is 0. The van der Waals surface area contributed by atoms with Gasteiger partial charge in [-0.05, 0) is 22.6 Å². The number of nitro benzene ring substituents is 1. The molecule has 0 radical (unpaired) electrons. The third-order valence-corrected chi connectivity index (χ3v) is 4.37. The highest BCUT2D eigenvalue weighted by atomic mass is 16.6. The average Bonchev–Trinajstić information content (AvgIpc) is 2.91. The largest absolute Gasteiger partial charge is 0.342 e. The van der Waals surface area contributed by atoms with Crippen LogP contribution in [0.4, 0.5) is 5.69 Å². The quantitative estimate of drug-likeness (QED) is 0.512. The van der Waals surface area contributed by atoms with Gasteiger partial charge in [0.2, 0.25) is 0 Å². The molecular formula is C20H19N3O2. The van der Waals surface area contributed by atoms with Crippen molar-refractivity contribution in [2.24, 2.45) is 0 Å². The van der Waals surface area contributed by atoms with Gasteiger partial charge in [-0.1, -0.05) is 45.0 Å². The predicted octanol–water partition coefficient (Wildman–Crippen LogP) is 4.77. The molecular weight excluding hydrogens is 314 g/mol. The number of nitriles is 1. The topological polar surface area (TPSA) is 71.9 Å². The van der Waals surface area contributed by atoms with Crippen LogP contribution in [0.3, 0.4) is 0 Å². The predicted molar refractivity (Wildman–Crippen MR) is 97.6 cm³/mol. The maximum absolute atomic E-state index is 11.0. The first-order chi connectivity index (χ1) is 11.8. The second kappa shape index (κ2) is 6.06. The van der Waals surface area contributed by atoms with Gasteiger partial charge in [0.1, 0.15) is 6.07 Å². The Morgan fingerprint density at radius 2 is 1.84 bits per heavy atom. The summed E-state index contributed by atoms with van der Waals surface area (Å²) in [5.74, 6) is 0. The standard InChI is InChI=1S/C20H19N3O2/c1-20(2,3)16-6-4-14(5-7-16)12-22-13-15(11-21)18-10-17(23(24)25)8-9-19(18)22/h4-10,13H,12H2,1-3H3. The fraction of sp³-hybridized carbons (Fsp3) is 0.250. The normalized spacial score (nSPS) is 11.4. The van der Waals surface area contributed by atoms with E-state index in [0.717, 1.165) is 11.1 Å². The Labute approximate surface area is 146 Å². The minimum Gasteiger partial charge on any atom is -0.342 e. The van der Waals surface area contributed by atoms with Crippen LogP contribution in [0.2, 0.25) is 0 Å². The molecule has 0 spiro atoms. The Balaban J connectivity index is 1.99. The lowest BCUT2D eigenvalue weighted by molar-refractivity contribution is -0.384. The molecule has 0 N–H and O–H groups in total. The van der Waals surface area contributed by atoms with Crippen LogP contribution in [0, 0.1) is 21.4 Å². The molecule has 1 heterocycles. The van der Waals surface area contributed by atoms with E-state index < -0.39 is 4.92 Å². The molecule has 126 valence electrons. The van der Waals surface area contributed by atoms with Crippen molar-refractivity contribution in [1.82, 2.24) is 4.57 Å². The Bertz CT molecular complexity index is 987. The van der Waals surface area contributed by atoms with Crippen LogP contribution < -0.4 is 0 Å². The molecule has 0 aliphatic carbocycles. The molecule has 3 rings (SSSR count). The van der Waals surface area contributed by atoms with E-state index in [1.807, 2.05) is 4.57 Å². The molecule has 0 bridgehead atoms. The fourth-order valence-electron chi connectivity index (χ4n) is 2.93. The van der Waals surface area contributed by atoms with E-state index in [1.165, 1.54) is 17.7 Å². The van der Waals surface area contributed by atoms with Gasteiger partial charge in [0, 0.05) is 30.3 Å². The highest BCUT2D eigenvalue weighted by Crippen LogP contribution is 2.27. The van der Waals surface area contributed by atoms with Gasteiger partial charge < -0.3 is 4.57 Å². The Morgan fingerprint density at radius 1 is 1.16 bits per heavy atom. The summed E-state index contributed by atoms with van der Waals surface area (Å²) in [6.07, 6.45) is 1.76. The van der Waals surface area contributed by atoms with Crippen LogP contribution in [0.1, 0.15) is 37.5 Å². The summed E-state index contributed by atoms with van der Waals surface area (Å²) in [4.78, 5) is 10.5. The molecule has 0 unspecified atom stereocenters. The number of nitrogens with zero attached hydrogens (tertiary/aromatic N) is 3. The summed E-state index contributed by atoms with van der Waals surface area (Å²) >= 11 is 0. The molecule has 0 aliphatic rings. The van der Waals surface area contributed by atoms with Crippen LogP contribution in [-0.2, 0) is 12.0 Å². The number of hydrogen-bond donors (Lipinski definition) is 0. The Morgan fingerprint density at radius 3 is 2.40 bits per heavy atom. The molecule has 25 heavy (non-hydrogen) atoms. The summed E-state index contributed by atoms with van der Waals surface area (Å²) in [5, 5.41) is 20.9. The lowest BCUT2D eigenvalue weighted by Gasteiger charge is -2.19. The maximum Gasteiger partial charge on any atom is 0.270 e. The van der Waals surface area contributed by atoms with E-state index in [0.29, 0.717) is 17.5 Å². The van der Waals surface area contributed by atoms with E-state index in [4.69, 9.17) is 0 Å². The molecule has 0 atom stereocenters. The highest BCUT2D eigenvalue weighted by Gasteiger charge is 2.15. The molecule has 0 amide bonds. The van der Waals surface area contributed by atoms with Crippen LogP contribution in [0.25, 0.3) is 10.9 Å². The van der Waals surface area contributed by atoms with Gasteiger partial charge in [-0.15, -0.1) is 0 Å². The number of rotatable bonds is 3. The second-order valence-corrected chi connectivity index (χ2v) is 7.19. The number of fused-ring (bicyclic) bond motifs is 1. The zero-order valence-electron chi connectivity index (χ0n) is 14.5. The Kier molecular flexibility index (Phi) is 4.05. The minimum atomic E-state index is -0.441. The van der Waals surface area contributed by atoms with Crippen molar-refractivity contribution in [2.75, 3.05) is 0 Å². The smallest absolute Gasteiger partial charge is 0.270 e. The third kappa shape index (κ3) is 3.24. The number of hydrogen-bond acceptors (Lipinski definition) is 3. The molecule has 0 fully saturated rings. The van der Waals surface area contributed by atoms with Crippen LogP contribution in [0.5, 0.6) is 0 Å². The first-order valence-corrected chi connectivity index (χ1v) is 8.06. The lowest BCUT2D eigenvalue weighted by atomic mass is 9.87. The molecule has 5 nitrogen and oxygen atoms in total. The van der Waals surface area contributed by atoms with Gasteiger partial charge in [-0.25, -0.2) is 0 Å². The van der Waals surface area contributed by atoms with Gasteiger partial charge in [0.15, 0.2) is 0 Å². The maximum atomic E-state index is 11.0. The zero-order valence-corrected chi connectivity index (χ0v) is 14.5. The van der Waals surface area contributed by atoms with Crippen LogP contribution >= 0.6 is 0 Å². The van der Waals surface area contributed by atoms with E-state index in [2.05, 4.69) is 51.1 Å². The molecule has 1 aromatic heterocycles. The van der Waals surface area contributed by atoms with Gasteiger partial charge >= 0.3 is 0 Å². The van der Waals surface area contributed by atoms with Gasteiger partial charge in [-0.2, -0.15) is 5.26 Å². The zero-order chi connectivity index (χ0) is 18.2. The van der Waals surface area contributed by atoms with Crippen molar-refractivity contribution in [1.29, 1.82) is 5.26 Å². The van der Waals surface area contributed by atoms with Crippen molar-refractivity contribution in [2.45, 2.75) is 32.7 Å². The molecule has 5 heteroatoms. The van der Waals surface area contributed by atoms with Crippen LogP contribution in [-0.4, -0.2) is 9.49 Å². The molecule has 2 aromatic carbocycles. The summed E-state index contributed by atoms with van der Waals surface area (Å²) in [5.41, 5.74) is 3.75. The lowest BCUT2D eigenvalue weighted by Crippen LogP contribution is -2.10. The van der Waals surface area contributed by atoms with Gasteiger partial charge in [0.05, 0.1) is 16.0 Å². The first kappa shape index (κ1) is 16.7. The third-order valence-electron chi connectivity index (χ3n) is 4.37. The second-order valence-electron chi connectivity index (χ2n) is 7.19.